The largest absolute Gasteiger partial charge is 0.305 e. The van der Waals surface area contributed by atoms with Gasteiger partial charge in [0.15, 0.2) is 0 Å². The van der Waals surface area contributed by atoms with Gasteiger partial charge in [0.05, 0.1) is 0 Å². The molecule has 0 spiro atoms. The van der Waals surface area contributed by atoms with Gasteiger partial charge in [0.25, 0.3) is 0 Å². The first kappa shape index (κ1) is 13.2. The van der Waals surface area contributed by atoms with Gasteiger partial charge < -0.3 is 4.90 Å². The van der Waals surface area contributed by atoms with Crippen LogP contribution >= 0.6 is 0 Å². The van der Waals surface area contributed by atoms with Crippen molar-refractivity contribution in [2.75, 3.05) is 14.1 Å². The summed E-state index contributed by atoms with van der Waals surface area (Å²) < 4.78 is 13.4. The third-order valence-electron chi connectivity index (χ3n) is 2.80. The summed E-state index contributed by atoms with van der Waals surface area (Å²) in [6.45, 7) is 5.17. The van der Waals surface area contributed by atoms with Gasteiger partial charge in [-0.15, -0.1) is 0 Å². The quantitative estimate of drug-likeness (QED) is 0.738. The molecule has 0 aliphatic carbocycles. The second kappa shape index (κ2) is 6.00. The molecular formula is C14H22FN. The maximum absolute atomic E-state index is 13.4. The average Bonchev–Trinajstić information content (AvgIpc) is 2.15. The standard InChI is InChI=1S/C14H22FN/c1-5-11(2)6-12-7-13(10-16(3)4)9-14(15)8-12/h7-9,11H,5-6,10H2,1-4H3. The minimum absolute atomic E-state index is 0.113. The van der Waals surface area contributed by atoms with Crippen LogP contribution in [-0.4, -0.2) is 19.0 Å². The second-order valence-corrected chi connectivity index (χ2v) is 4.92. The van der Waals surface area contributed by atoms with Gasteiger partial charge in [-0.3, -0.25) is 0 Å². The summed E-state index contributed by atoms with van der Waals surface area (Å²) in [6.07, 6.45) is 2.11. The molecule has 0 bridgehead atoms. The molecule has 1 aromatic rings. The monoisotopic (exact) mass is 223 g/mol. The van der Waals surface area contributed by atoms with Crippen molar-refractivity contribution >= 4 is 0 Å². The van der Waals surface area contributed by atoms with Gasteiger partial charge in [0.2, 0.25) is 0 Å². The van der Waals surface area contributed by atoms with E-state index < -0.39 is 0 Å². The summed E-state index contributed by atoms with van der Waals surface area (Å²) in [7, 11) is 4.00. The highest BCUT2D eigenvalue weighted by molar-refractivity contribution is 5.25. The lowest BCUT2D eigenvalue weighted by Gasteiger charge is -2.13. The molecule has 0 aliphatic rings. The van der Waals surface area contributed by atoms with E-state index in [0.717, 1.165) is 30.5 Å². The first-order valence-corrected chi connectivity index (χ1v) is 5.94. The Morgan fingerprint density at radius 1 is 1.19 bits per heavy atom. The number of benzene rings is 1. The molecule has 0 radical (unpaired) electrons. The summed E-state index contributed by atoms with van der Waals surface area (Å²) in [5.41, 5.74) is 2.18. The summed E-state index contributed by atoms with van der Waals surface area (Å²) in [4.78, 5) is 2.06. The van der Waals surface area contributed by atoms with E-state index in [1.54, 1.807) is 12.1 Å². The van der Waals surface area contributed by atoms with Crippen LogP contribution in [0.15, 0.2) is 18.2 Å². The molecule has 90 valence electrons. The van der Waals surface area contributed by atoms with Crippen molar-refractivity contribution in [1.29, 1.82) is 0 Å². The van der Waals surface area contributed by atoms with Crippen LogP contribution in [0.2, 0.25) is 0 Å². The molecule has 1 rings (SSSR count). The zero-order chi connectivity index (χ0) is 12.1. The highest BCUT2D eigenvalue weighted by atomic mass is 19.1. The number of hydrogen-bond donors (Lipinski definition) is 0. The van der Waals surface area contributed by atoms with Gasteiger partial charge in [-0.2, -0.15) is 0 Å². The van der Waals surface area contributed by atoms with Crippen LogP contribution in [0.1, 0.15) is 31.4 Å². The van der Waals surface area contributed by atoms with Gasteiger partial charge in [-0.05, 0) is 49.7 Å². The Morgan fingerprint density at radius 3 is 2.38 bits per heavy atom. The van der Waals surface area contributed by atoms with Crippen molar-refractivity contribution < 1.29 is 4.39 Å². The lowest BCUT2D eigenvalue weighted by Crippen LogP contribution is -2.11. The van der Waals surface area contributed by atoms with Gasteiger partial charge in [-0.25, -0.2) is 4.39 Å². The number of nitrogens with zero attached hydrogens (tertiary/aromatic N) is 1. The van der Waals surface area contributed by atoms with Crippen LogP contribution in [0, 0.1) is 11.7 Å². The highest BCUT2D eigenvalue weighted by Crippen LogP contribution is 2.16. The Hall–Kier alpha value is -0.890. The lowest BCUT2D eigenvalue weighted by atomic mass is 9.97. The fourth-order valence-electron chi connectivity index (χ4n) is 1.84. The Kier molecular flexibility index (Phi) is 4.94. The first-order chi connectivity index (χ1) is 7.51. The summed E-state index contributed by atoms with van der Waals surface area (Å²) in [5.74, 6) is 0.506. The van der Waals surface area contributed by atoms with E-state index in [4.69, 9.17) is 0 Å². The Bertz CT molecular complexity index is 334. The molecule has 0 amide bonds. The maximum Gasteiger partial charge on any atom is 0.123 e. The Balaban J connectivity index is 2.81. The third-order valence-corrected chi connectivity index (χ3v) is 2.80. The van der Waals surface area contributed by atoms with Crippen molar-refractivity contribution in [3.8, 4) is 0 Å². The SMILES string of the molecule is CCC(C)Cc1cc(F)cc(CN(C)C)c1. The number of rotatable bonds is 5. The molecule has 1 unspecified atom stereocenters. The van der Waals surface area contributed by atoms with Crippen LogP contribution < -0.4 is 0 Å². The number of halogens is 1. The van der Waals surface area contributed by atoms with Crippen molar-refractivity contribution in [3.05, 3.63) is 35.1 Å². The van der Waals surface area contributed by atoms with Crippen LogP contribution in [0.3, 0.4) is 0 Å². The van der Waals surface area contributed by atoms with Gasteiger partial charge in [0.1, 0.15) is 5.82 Å². The molecular weight excluding hydrogens is 201 g/mol. The fraction of sp³-hybridized carbons (Fsp3) is 0.571. The molecule has 1 aromatic carbocycles. The average molecular weight is 223 g/mol. The zero-order valence-corrected chi connectivity index (χ0v) is 10.8. The predicted molar refractivity (Wildman–Crippen MR) is 67.0 cm³/mol. The van der Waals surface area contributed by atoms with Crippen molar-refractivity contribution in [1.82, 2.24) is 4.90 Å². The minimum atomic E-state index is -0.113. The first-order valence-electron chi connectivity index (χ1n) is 5.94. The number of hydrogen-bond acceptors (Lipinski definition) is 1. The van der Waals surface area contributed by atoms with Crippen LogP contribution in [0.25, 0.3) is 0 Å². The second-order valence-electron chi connectivity index (χ2n) is 4.92. The van der Waals surface area contributed by atoms with Gasteiger partial charge in [-0.1, -0.05) is 26.3 Å². The van der Waals surface area contributed by atoms with Crippen molar-refractivity contribution in [2.45, 2.75) is 33.2 Å². The molecule has 1 atom stereocenters. The molecule has 16 heavy (non-hydrogen) atoms. The van der Waals surface area contributed by atoms with E-state index in [1.165, 1.54) is 0 Å². The predicted octanol–water partition coefficient (Wildman–Crippen LogP) is 3.48. The van der Waals surface area contributed by atoms with E-state index in [9.17, 15) is 4.39 Å². The topological polar surface area (TPSA) is 3.24 Å². The minimum Gasteiger partial charge on any atom is -0.305 e. The molecule has 0 fully saturated rings. The van der Waals surface area contributed by atoms with Gasteiger partial charge >= 0.3 is 0 Å². The van der Waals surface area contributed by atoms with Gasteiger partial charge in [0, 0.05) is 6.54 Å². The molecule has 0 aromatic heterocycles. The maximum atomic E-state index is 13.4. The van der Waals surface area contributed by atoms with Crippen molar-refractivity contribution in [3.63, 3.8) is 0 Å². The lowest BCUT2D eigenvalue weighted by molar-refractivity contribution is 0.401. The smallest absolute Gasteiger partial charge is 0.123 e. The normalized spacial score (nSPS) is 13.1. The van der Waals surface area contributed by atoms with E-state index >= 15 is 0 Å². The van der Waals surface area contributed by atoms with E-state index in [0.29, 0.717) is 5.92 Å². The van der Waals surface area contributed by atoms with Crippen LogP contribution in [0.5, 0.6) is 0 Å². The van der Waals surface area contributed by atoms with E-state index in [2.05, 4.69) is 24.8 Å². The molecule has 0 saturated carbocycles. The summed E-state index contributed by atoms with van der Waals surface area (Å²) in [5, 5.41) is 0. The molecule has 0 N–H and O–H groups in total. The molecule has 0 heterocycles. The summed E-state index contributed by atoms with van der Waals surface area (Å²) in [6, 6.07) is 5.40. The van der Waals surface area contributed by atoms with E-state index in [-0.39, 0.29) is 5.82 Å². The fourth-order valence-corrected chi connectivity index (χ4v) is 1.84. The third kappa shape index (κ3) is 4.31. The van der Waals surface area contributed by atoms with Crippen LogP contribution in [-0.2, 0) is 13.0 Å². The summed E-state index contributed by atoms with van der Waals surface area (Å²) >= 11 is 0. The van der Waals surface area contributed by atoms with Crippen molar-refractivity contribution in [2.24, 2.45) is 5.92 Å². The van der Waals surface area contributed by atoms with E-state index in [1.807, 2.05) is 14.1 Å². The zero-order valence-electron chi connectivity index (χ0n) is 10.8. The molecule has 1 nitrogen and oxygen atoms in total. The Morgan fingerprint density at radius 2 is 1.81 bits per heavy atom. The molecule has 0 saturated heterocycles. The Labute approximate surface area is 98.3 Å². The van der Waals surface area contributed by atoms with Crippen LogP contribution in [0.4, 0.5) is 4.39 Å². The molecule has 0 aliphatic heterocycles. The molecule has 2 heteroatoms. The highest BCUT2D eigenvalue weighted by Gasteiger charge is 2.05.